The number of alkyl halides is 1. The number of nitrogens with zero attached hydrogens (tertiary/aromatic N) is 1. The lowest BCUT2D eigenvalue weighted by Crippen LogP contribution is -2.20. The van der Waals surface area contributed by atoms with Gasteiger partial charge >= 0.3 is 5.97 Å². The van der Waals surface area contributed by atoms with Gasteiger partial charge in [-0.25, -0.2) is 4.98 Å². The number of ether oxygens (including phenoxy) is 3. The second kappa shape index (κ2) is 11.4. The number of aromatic nitrogens is 1. The first-order valence-corrected chi connectivity index (χ1v) is 13.0. The van der Waals surface area contributed by atoms with E-state index in [0.29, 0.717) is 59.3 Å². The first-order chi connectivity index (χ1) is 18.8. The number of aliphatic carboxylic acids is 1. The molecule has 0 fully saturated rings. The highest BCUT2D eigenvalue weighted by Gasteiger charge is 2.29. The zero-order valence-electron chi connectivity index (χ0n) is 20.8. The van der Waals surface area contributed by atoms with E-state index in [4.69, 9.17) is 37.4 Å². The second-order valence-corrected chi connectivity index (χ2v) is 9.93. The number of carbonyl (C=O) groups excluding carboxylic acids is 1. The highest BCUT2D eigenvalue weighted by Crippen LogP contribution is 2.42. The molecule has 39 heavy (non-hydrogen) atoms. The molecule has 1 aliphatic carbocycles. The molecule has 1 amide bonds. The molecule has 2 unspecified atom stereocenters. The molecule has 2 N–H and O–H groups in total. The summed E-state index contributed by atoms with van der Waals surface area (Å²) in [6, 6.07) is 15.0. The number of nitrogens with one attached hydrogen (secondary N) is 1. The predicted molar refractivity (Wildman–Crippen MR) is 148 cm³/mol. The lowest BCUT2D eigenvalue weighted by molar-refractivity contribution is -0.139. The lowest BCUT2D eigenvalue weighted by atomic mass is 9.93. The minimum absolute atomic E-state index is 0.139. The Morgan fingerprint density at radius 2 is 1.95 bits per heavy atom. The van der Waals surface area contributed by atoms with Crippen molar-refractivity contribution in [2.45, 2.75) is 24.1 Å². The average molecular weight is 567 g/mol. The molecule has 1 aromatic heterocycles. The number of benzene rings is 2. The van der Waals surface area contributed by atoms with Crippen LogP contribution in [0.15, 0.2) is 72.5 Å². The summed E-state index contributed by atoms with van der Waals surface area (Å²) >= 11 is 12.6. The van der Waals surface area contributed by atoms with Crippen molar-refractivity contribution in [2.24, 2.45) is 0 Å². The van der Waals surface area contributed by atoms with Gasteiger partial charge in [0.25, 0.3) is 5.91 Å². The minimum atomic E-state index is -0.924. The van der Waals surface area contributed by atoms with Gasteiger partial charge in [-0.2, -0.15) is 0 Å². The molecule has 1 aliphatic heterocycles. The number of hydrogen-bond donors (Lipinski definition) is 2. The van der Waals surface area contributed by atoms with Crippen LogP contribution in [0.3, 0.4) is 0 Å². The number of anilines is 1. The van der Waals surface area contributed by atoms with Gasteiger partial charge in [0.2, 0.25) is 0 Å². The third-order valence-electron chi connectivity index (χ3n) is 6.41. The van der Waals surface area contributed by atoms with Crippen LogP contribution < -0.4 is 14.8 Å². The molecular formula is C29H24Cl2N2O6. The van der Waals surface area contributed by atoms with Crippen LogP contribution in [0.2, 0.25) is 5.02 Å². The van der Waals surface area contributed by atoms with Gasteiger partial charge < -0.3 is 24.6 Å². The Morgan fingerprint density at radius 3 is 2.69 bits per heavy atom. The summed E-state index contributed by atoms with van der Waals surface area (Å²) in [6.45, 7) is 0.294. The first-order valence-electron chi connectivity index (χ1n) is 12.2. The summed E-state index contributed by atoms with van der Waals surface area (Å²) in [6.07, 6.45) is 4.69. The number of methoxy groups -OCH3 is 1. The number of allylic oxidation sites excluding steroid dienone is 4. The number of halogens is 2. The normalized spacial score (nSPS) is 18.1. The van der Waals surface area contributed by atoms with Crippen LogP contribution >= 0.6 is 23.2 Å². The third kappa shape index (κ3) is 5.87. The van der Waals surface area contributed by atoms with Gasteiger partial charge in [-0.1, -0.05) is 29.8 Å². The summed E-state index contributed by atoms with van der Waals surface area (Å²) in [4.78, 5) is 29.0. The summed E-state index contributed by atoms with van der Waals surface area (Å²) < 4.78 is 17.0. The Morgan fingerprint density at radius 1 is 1.15 bits per heavy atom. The van der Waals surface area contributed by atoms with Crippen LogP contribution in [-0.2, 0) is 9.53 Å². The Bertz CT molecular complexity index is 1490. The van der Waals surface area contributed by atoms with E-state index < -0.39 is 11.9 Å². The molecular weight excluding hydrogens is 543 g/mol. The number of fused-ring (bicyclic) bond motifs is 1. The van der Waals surface area contributed by atoms with Crippen molar-refractivity contribution < 1.29 is 28.9 Å². The number of carboxylic acid groups (broad SMARTS) is 1. The maximum atomic E-state index is 12.9. The summed E-state index contributed by atoms with van der Waals surface area (Å²) in [7, 11) is 1.60. The standard InChI is InChI=1S/C29H24Cl2N2O6/c1-37-24-13-17(30)7-10-20(24)23-3-2-4-27(32-23)33-28(34)16-5-8-18(9-6-16)39-26-15-25-21(14-22(26)31)19(29(35)36)11-12-38-25/h2-10,14-15,17,19H,11-13H2,1H3,(H,35,36)(H,32,33,34). The molecule has 8 nitrogen and oxygen atoms in total. The predicted octanol–water partition coefficient (Wildman–Crippen LogP) is 6.66. The van der Waals surface area contributed by atoms with Crippen LogP contribution in [0.25, 0.3) is 5.57 Å². The molecule has 0 saturated carbocycles. The van der Waals surface area contributed by atoms with E-state index >= 15 is 0 Å². The number of rotatable bonds is 7. The molecule has 0 saturated heterocycles. The van der Waals surface area contributed by atoms with Crippen LogP contribution in [0, 0.1) is 0 Å². The van der Waals surface area contributed by atoms with Gasteiger partial charge in [-0.15, -0.1) is 11.6 Å². The molecule has 200 valence electrons. The minimum Gasteiger partial charge on any atom is -0.500 e. The van der Waals surface area contributed by atoms with Crippen molar-refractivity contribution in [2.75, 3.05) is 19.0 Å². The van der Waals surface area contributed by atoms with Crippen molar-refractivity contribution in [3.63, 3.8) is 0 Å². The summed E-state index contributed by atoms with van der Waals surface area (Å²) in [5.74, 6) is 0.377. The summed E-state index contributed by atoms with van der Waals surface area (Å²) in [5, 5.41) is 12.4. The molecule has 0 spiro atoms. The van der Waals surface area contributed by atoms with Gasteiger partial charge in [0.1, 0.15) is 28.8 Å². The van der Waals surface area contributed by atoms with Crippen molar-refractivity contribution in [1.82, 2.24) is 4.98 Å². The molecule has 2 heterocycles. The molecule has 3 aromatic rings. The van der Waals surface area contributed by atoms with Gasteiger partial charge in [-0.05, 0) is 48.9 Å². The van der Waals surface area contributed by atoms with Crippen LogP contribution in [-0.4, -0.2) is 41.1 Å². The summed E-state index contributed by atoms with van der Waals surface area (Å²) in [5.41, 5.74) is 2.40. The van der Waals surface area contributed by atoms with Crippen LogP contribution in [0.1, 0.15) is 40.4 Å². The third-order valence-corrected chi connectivity index (χ3v) is 7.01. The molecule has 2 aliphatic rings. The van der Waals surface area contributed by atoms with Crippen molar-refractivity contribution in [3.05, 3.63) is 94.4 Å². The molecule has 5 rings (SSSR count). The van der Waals surface area contributed by atoms with E-state index in [1.54, 1.807) is 55.6 Å². The smallest absolute Gasteiger partial charge is 0.311 e. The topological polar surface area (TPSA) is 107 Å². The monoisotopic (exact) mass is 566 g/mol. The fourth-order valence-corrected chi connectivity index (χ4v) is 4.86. The van der Waals surface area contributed by atoms with Gasteiger partial charge in [-0.3, -0.25) is 9.59 Å². The average Bonchev–Trinajstić information content (AvgIpc) is 2.93. The Hall–Kier alpha value is -4.01. The zero-order chi connectivity index (χ0) is 27.5. The highest BCUT2D eigenvalue weighted by atomic mass is 35.5. The molecule has 2 aromatic carbocycles. The SMILES string of the molecule is COC1=C(c2cccc(NC(=O)c3ccc(Oc4cc5c(cc4Cl)C(C(=O)O)CCO5)cc3)n2)C=CC(Cl)C1. The number of amides is 1. The van der Waals surface area contributed by atoms with E-state index in [0.717, 1.165) is 11.3 Å². The van der Waals surface area contributed by atoms with Gasteiger partial charge in [0.15, 0.2) is 0 Å². The van der Waals surface area contributed by atoms with E-state index in [9.17, 15) is 14.7 Å². The quantitative estimate of drug-likeness (QED) is 0.308. The maximum Gasteiger partial charge on any atom is 0.311 e. The Labute approximate surface area is 234 Å². The fourth-order valence-electron chi connectivity index (χ4n) is 4.44. The van der Waals surface area contributed by atoms with Gasteiger partial charge in [0, 0.05) is 29.2 Å². The highest BCUT2D eigenvalue weighted by molar-refractivity contribution is 6.32. The number of carbonyl (C=O) groups is 2. The molecule has 10 heteroatoms. The van der Waals surface area contributed by atoms with E-state index in [-0.39, 0.29) is 16.3 Å². The van der Waals surface area contributed by atoms with E-state index in [2.05, 4.69) is 10.3 Å². The van der Waals surface area contributed by atoms with Gasteiger partial charge in [0.05, 0.1) is 35.7 Å². The fraction of sp³-hybridized carbons (Fsp3) is 0.207. The number of carboxylic acids is 1. The van der Waals surface area contributed by atoms with Crippen LogP contribution in [0.5, 0.6) is 17.2 Å². The lowest BCUT2D eigenvalue weighted by Gasteiger charge is -2.24. The van der Waals surface area contributed by atoms with Crippen molar-refractivity contribution in [3.8, 4) is 17.2 Å². The van der Waals surface area contributed by atoms with Crippen molar-refractivity contribution in [1.29, 1.82) is 0 Å². The van der Waals surface area contributed by atoms with E-state index in [1.807, 2.05) is 18.2 Å². The molecule has 2 atom stereocenters. The molecule has 0 bridgehead atoms. The number of pyridine rings is 1. The second-order valence-electron chi connectivity index (χ2n) is 8.96. The van der Waals surface area contributed by atoms with Crippen LogP contribution in [0.4, 0.5) is 5.82 Å². The maximum absolute atomic E-state index is 12.9. The Balaban J connectivity index is 1.28. The Kier molecular flexibility index (Phi) is 7.77. The number of hydrogen-bond acceptors (Lipinski definition) is 6. The van der Waals surface area contributed by atoms with Crippen molar-refractivity contribution >= 4 is 46.5 Å². The zero-order valence-corrected chi connectivity index (χ0v) is 22.3. The first kappa shape index (κ1) is 26.6. The largest absolute Gasteiger partial charge is 0.500 e. The van der Waals surface area contributed by atoms with E-state index in [1.165, 1.54) is 0 Å². The molecule has 0 radical (unpaired) electrons.